The van der Waals surface area contributed by atoms with Crippen LogP contribution < -0.4 is 10.1 Å². The van der Waals surface area contributed by atoms with Gasteiger partial charge < -0.3 is 19.2 Å². The third kappa shape index (κ3) is 5.84. The number of amides is 1. The van der Waals surface area contributed by atoms with Crippen LogP contribution in [-0.4, -0.2) is 33.7 Å². The van der Waals surface area contributed by atoms with Crippen molar-refractivity contribution in [1.82, 2.24) is 19.4 Å². The number of aromatic nitrogens is 3. The molecule has 0 aliphatic heterocycles. The summed E-state index contributed by atoms with van der Waals surface area (Å²) in [5, 5.41) is 3.72. The first-order valence-electron chi connectivity index (χ1n) is 11.0. The van der Waals surface area contributed by atoms with Crippen LogP contribution in [-0.2, 0) is 17.8 Å². The standard InChI is InChI=1S/C26H27ClN4O2/c1-33-24-11-7-22(8-12-24)31-23(9-13-25(31)20-3-5-21(27)6-4-20)10-14-26(32)29-15-2-17-30-18-16-28-19-30/h3-9,11-13,16,18-19H,2,10,14-15,17H2,1H3,(H,29,32). The zero-order valence-corrected chi connectivity index (χ0v) is 19.3. The molecule has 2 heterocycles. The average molecular weight is 463 g/mol. The van der Waals surface area contributed by atoms with Crippen molar-refractivity contribution in [2.75, 3.05) is 13.7 Å². The van der Waals surface area contributed by atoms with Crippen molar-refractivity contribution >= 4 is 17.5 Å². The minimum Gasteiger partial charge on any atom is -0.497 e. The third-order valence-corrected chi connectivity index (χ3v) is 5.77. The molecule has 0 saturated carbocycles. The van der Waals surface area contributed by atoms with Gasteiger partial charge in [-0.3, -0.25) is 4.79 Å². The Hall–Kier alpha value is -3.51. The Labute approximate surface area is 198 Å². The van der Waals surface area contributed by atoms with E-state index in [1.807, 2.05) is 59.3 Å². The molecule has 4 rings (SSSR count). The molecule has 0 radical (unpaired) electrons. The highest BCUT2D eigenvalue weighted by Crippen LogP contribution is 2.29. The lowest BCUT2D eigenvalue weighted by atomic mass is 10.1. The summed E-state index contributed by atoms with van der Waals surface area (Å²) in [5.41, 5.74) is 4.19. The van der Waals surface area contributed by atoms with E-state index in [0.717, 1.165) is 41.4 Å². The molecule has 0 saturated heterocycles. The SMILES string of the molecule is COc1ccc(-n2c(CCC(=O)NCCCn3ccnc3)ccc2-c2ccc(Cl)cc2)cc1. The quantitative estimate of drug-likeness (QED) is 0.332. The first-order chi connectivity index (χ1) is 16.1. The molecule has 0 unspecified atom stereocenters. The molecule has 0 aliphatic carbocycles. The van der Waals surface area contributed by atoms with Crippen LogP contribution in [0.3, 0.4) is 0 Å². The van der Waals surface area contributed by atoms with Gasteiger partial charge in [-0.15, -0.1) is 0 Å². The van der Waals surface area contributed by atoms with E-state index in [2.05, 4.69) is 27.0 Å². The molecule has 1 amide bonds. The van der Waals surface area contributed by atoms with Crippen LogP contribution in [0.2, 0.25) is 5.02 Å². The smallest absolute Gasteiger partial charge is 0.220 e. The predicted octanol–water partition coefficient (Wildman–Crippen LogP) is 5.14. The Balaban J connectivity index is 1.46. The van der Waals surface area contributed by atoms with Crippen molar-refractivity contribution in [3.8, 4) is 22.7 Å². The van der Waals surface area contributed by atoms with Crippen molar-refractivity contribution in [3.05, 3.63) is 90.1 Å². The van der Waals surface area contributed by atoms with E-state index in [9.17, 15) is 4.79 Å². The maximum atomic E-state index is 12.5. The molecule has 0 aliphatic rings. The molecule has 1 N–H and O–H groups in total. The van der Waals surface area contributed by atoms with Crippen LogP contribution in [0.4, 0.5) is 0 Å². The van der Waals surface area contributed by atoms with Gasteiger partial charge in [0.15, 0.2) is 0 Å². The third-order valence-electron chi connectivity index (χ3n) is 5.51. The van der Waals surface area contributed by atoms with Crippen molar-refractivity contribution in [2.45, 2.75) is 25.8 Å². The van der Waals surface area contributed by atoms with Crippen molar-refractivity contribution in [1.29, 1.82) is 0 Å². The topological polar surface area (TPSA) is 61.1 Å². The number of nitrogens with one attached hydrogen (secondary N) is 1. The van der Waals surface area contributed by atoms with E-state index in [4.69, 9.17) is 16.3 Å². The summed E-state index contributed by atoms with van der Waals surface area (Å²) in [6, 6.07) is 19.9. The fraction of sp³-hybridized carbons (Fsp3) is 0.231. The first-order valence-corrected chi connectivity index (χ1v) is 11.4. The van der Waals surface area contributed by atoms with Crippen LogP contribution >= 0.6 is 11.6 Å². The maximum absolute atomic E-state index is 12.5. The Morgan fingerprint density at radius 2 is 1.85 bits per heavy atom. The van der Waals surface area contributed by atoms with Gasteiger partial charge in [0.25, 0.3) is 0 Å². The van der Waals surface area contributed by atoms with Crippen LogP contribution in [0, 0.1) is 0 Å². The molecule has 0 bridgehead atoms. The molecule has 33 heavy (non-hydrogen) atoms. The number of methoxy groups -OCH3 is 1. The molecular formula is C26H27ClN4O2. The Morgan fingerprint density at radius 3 is 2.55 bits per heavy atom. The largest absolute Gasteiger partial charge is 0.497 e. The van der Waals surface area contributed by atoms with E-state index < -0.39 is 0 Å². The number of aryl methyl sites for hydroxylation is 2. The summed E-state index contributed by atoms with van der Waals surface area (Å²) in [6.45, 7) is 1.48. The van der Waals surface area contributed by atoms with Gasteiger partial charge in [0.1, 0.15) is 5.75 Å². The van der Waals surface area contributed by atoms with Gasteiger partial charge in [-0.25, -0.2) is 4.98 Å². The van der Waals surface area contributed by atoms with E-state index in [0.29, 0.717) is 24.4 Å². The normalized spacial score (nSPS) is 10.8. The average Bonchev–Trinajstić information content (AvgIpc) is 3.51. The van der Waals surface area contributed by atoms with Gasteiger partial charge >= 0.3 is 0 Å². The van der Waals surface area contributed by atoms with Gasteiger partial charge in [-0.05, 0) is 66.9 Å². The lowest BCUT2D eigenvalue weighted by Crippen LogP contribution is -2.25. The highest BCUT2D eigenvalue weighted by Gasteiger charge is 2.14. The van der Waals surface area contributed by atoms with E-state index in [1.54, 1.807) is 19.6 Å². The van der Waals surface area contributed by atoms with Crippen LogP contribution in [0.15, 0.2) is 79.4 Å². The summed E-state index contributed by atoms with van der Waals surface area (Å²) < 4.78 is 9.51. The molecule has 0 spiro atoms. The summed E-state index contributed by atoms with van der Waals surface area (Å²) in [7, 11) is 1.66. The number of hydrogen-bond acceptors (Lipinski definition) is 3. The zero-order chi connectivity index (χ0) is 23.0. The van der Waals surface area contributed by atoms with Crippen molar-refractivity contribution < 1.29 is 9.53 Å². The summed E-state index contributed by atoms with van der Waals surface area (Å²) in [4.78, 5) is 16.5. The first kappa shape index (κ1) is 22.7. The van der Waals surface area contributed by atoms with E-state index in [-0.39, 0.29) is 5.91 Å². The highest BCUT2D eigenvalue weighted by atomic mass is 35.5. The maximum Gasteiger partial charge on any atom is 0.220 e. The second-order valence-electron chi connectivity index (χ2n) is 7.75. The number of carbonyl (C=O) groups is 1. The molecule has 170 valence electrons. The van der Waals surface area contributed by atoms with E-state index >= 15 is 0 Å². The van der Waals surface area contributed by atoms with Gasteiger partial charge in [0.05, 0.1) is 19.1 Å². The van der Waals surface area contributed by atoms with E-state index in [1.165, 1.54) is 0 Å². The summed E-state index contributed by atoms with van der Waals surface area (Å²) in [5.74, 6) is 0.853. The Kier molecular flexibility index (Phi) is 7.47. The predicted molar refractivity (Wildman–Crippen MR) is 131 cm³/mol. The van der Waals surface area contributed by atoms with Crippen molar-refractivity contribution in [3.63, 3.8) is 0 Å². The number of hydrogen-bond donors (Lipinski definition) is 1. The molecule has 2 aromatic carbocycles. The molecule has 7 heteroatoms. The molecule has 0 fully saturated rings. The lowest BCUT2D eigenvalue weighted by Gasteiger charge is -2.15. The molecule has 0 atom stereocenters. The van der Waals surface area contributed by atoms with Crippen LogP contribution in [0.5, 0.6) is 5.75 Å². The van der Waals surface area contributed by atoms with Gasteiger partial charge in [0, 0.05) is 48.3 Å². The number of imidazole rings is 1. The fourth-order valence-corrected chi connectivity index (χ4v) is 3.92. The van der Waals surface area contributed by atoms with Crippen molar-refractivity contribution in [2.24, 2.45) is 0 Å². The Morgan fingerprint density at radius 1 is 1.06 bits per heavy atom. The number of ether oxygens (including phenoxy) is 1. The van der Waals surface area contributed by atoms with Crippen LogP contribution in [0.25, 0.3) is 16.9 Å². The van der Waals surface area contributed by atoms with Gasteiger partial charge in [0.2, 0.25) is 5.91 Å². The summed E-state index contributed by atoms with van der Waals surface area (Å²) in [6.07, 6.45) is 7.39. The summed E-state index contributed by atoms with van der Waals surface area (Å²) >= 11 is 6.09. The number of halogens is 1. The minimum atomic E-state index is 0.0520. The second-order valence-corrected chi connectivity index (χ2v) is 8.19. The Bertz CT molecular complexity index is 1170. The fourth-order valence-electron chi connectivity index (χ4n) is 3.79. The highest BCUT2D eigenvalue weighted by molar-refractivity contribution is 6.30. The lowest BCUT2D eigenvalue weighted by molar-refractivity contribution is -0.121. The zero-order valence-electron chi connectivity index (χ0n) is 18.6. The monoisotopic (exact) mass is 462 g/mol. The molecule has 2 aromatic heterocycles. The number of carbonyl (C=O) groups excluding carboxylic acids is 1. The number of rotatable bonds is 10. The van der Waals surface area contributed by atoms with Gasteiger partial charge in [-0.2, -0.15) is 0 Å². The second kappa shape index (κ2) is 10.9. The van der Waals surface area contributed by atoms with Crippen LogP contribution in [0.1, 0.15) is 18.5 Å². The number of benzene rings is 2. The minimum absolute atomic E-state index is 0.0520. The molecular weight excluding hydrogens is 436 g/mol. The molecule has 4 aromatic rings. The molecule has 6 nitrogen and oxygen atoms in total. The van der Waals surface area contributed by atoms with Gasteiger partial charge in [-0.1, -0.05) is 23.7 Å². The number of nitrogens with zero attached hydrogens (tertiary/aromatic N) is 3.